The van der Waals surface area contributed by atoms with Crippen molar-refractivity contribution in [3.05, 3.63) is 83.6 Å². The molecule has 0 aliphatic carbocycles. The molecule has 0 aromatic heterocycles. The quantitative estimate of drug-likeness (QED) is 0.119. The van der Waals surface area contributed by atoms with Crippen LogP contribution in [0.2, 0.25) is 0 Å². The summed E-state index contributed by atoms with van der Waals surface area (Å²) in [5.41, 5.74) is 3.72. The average molecular weight is 744 g/mol. The second-order valence-electron chi connectivity index (χ2n) is 13.8. The molecule has 2 heterocycles. The molecule has 51 heavy (non-hydrogen) atoms. The lowest BCUT2D eigenvalue weighted by molar-refractivity contribution is -0.894. The van der Waals surface area contributed by atoms with Gasteiger partial charge in [-0.1, -0.05) is 31.1 Å². The highest BCUT2D eigenvalue weighted by Gasteiger charge is 2.44. The molecule has 4 rings (SSSR count). The fourth-order valence-corrected chi connectivity index (χ4v) is 8.11. The van der Waals surface area contributed by atoms with Crippen LogP contribution in [0, 0.1) is 0 Å². The second kappa shape index (κ2) is 16.8. The van der Waals surface area contributed by atoms with Crippen LogP contribution in [0.3, 0.4) is 0 Å². The van der Waals surface area contributed by atoms with E-state index in [1.807, 2.05) is 74.7 Å². The smallest absolute Gasteiger partial charge is 0.303 e. The van der Waals surface area contributed by atoms with Crippen LogP contribution in [0.25, 0.3) is 0 Å². The maximum Gasteiger partial charge on any atom is 0.303 e. The van der Waals surface area contributed by atoms with Crippen LogP contribution in [-0.2, 0) is 35.9 Å². The number of fused-ring (bicyclic) bond motifs is 2. The molecule has 0 saturated heterocycles. The van der Waals surface area contributed by atoms with E-state index >= 15 is 0 Å². The third kappa shape index (κ3) is 9.63. The third-order valence-electron chi connectivity index (χ3n) is 10.2. The number of carbonyl (C=O) groups is 1. The van der Waals surface area contributed by atoms with Crippen molar-refractivity contribution in [3.8, 4) is 0 Å². The number of hydrogen-bond acceptors (Lipinski definition) is 8. The highest BCUT2D eigenvalue weighted by molar-refractivity contribution is 7.86. The summed E-state index contributed by atoms with van der Waals surface area (Å²) in [5, 5.41) is 8.98. The molecule has 0 saturated carbocycles. The number of benzene rings is 2. The van der Waals surface area contributed by atoms with Gasteiger partial charge >= 0.3 is 5.97 Å². The van der Waals surface area contributed by atoms with E-state index in [9.17, 15) is 30.7 Å². The van der Waals surface area contributed by atoms with Crippen LogP contribution in [0.15, 0.2) is 82.3 Å². The van der Waals surface area contributed by atoms with E-state index in [2.05, 4.69) is 20.8 Å². The van der Waals surface area contributed by atoms with Crippen molar-refractivity contribution in [1.82, 2.24) is 0 Å². The molecule has 1 unspecified atom stereocenters. The van der Waals surface area contributed by atoms with Gasteiger partial charge in [-0.05, 0) is 96.4 Å². The highest BCUT2D eigenvalue weighted by atomic mass is 32.2. The second-order valence-corrected chi connectivity index (χ2v) is 16.5. The monoisotopic (exact) mass is 743 g/mol. The molecule has 2 aromatic carbocycles. The highest BCUT2D eigenvalue weighted by Crippen LogP contribution is 2.50. The summed E-state index contributed by atoms with van der Waals surface area (Å²) >= 11 is 0. The first-order chi connectivity index (χ1) is 23.7. The van der Waals surface area contributed by atoms with Crippen LogP contribution in [0.1, 0.15) is 84.8 Å². The summed E-state index contributed by atoms with van der Waals surface area (Å²) in [6.45, 7) is 16.4. The normalized spacial score (nSPS) is 19.3. The van der Waals surface area contributed by atoms with Crippen molar-refractivity contribution in [1.29, 1.82) is 0 Å². The van der Waals surface area contributed by atoms with Gasteiger partial charge in [0.05, 0.1) is 34.8 Å². The molecule has 2 aromatic rings. The standard InChI is InChI=1S/C32H38N2O8S2.C6H15N/c1-31(2)24-20-22(43(37,38)39)15-17-26(24)33(4)28(31)12-8-6-9-13-29-32(3,19-11-7-10-14-30(35)36)25-21-23(44(40,41)42)16-18-27(25)34(29)5;1-4-7(5-2)6-3/h6,8-9,12-13,15-18,20-21H,7,10-11,14,19H2,1-5H3,(H2-,35,36,37,38,39,40,41,42);4-6H2,1-3H3. The van der Waals surface area contributed by atoms with Gasteiger partial charge in [-0.3, -0.25) is 4.79 Å². The third-order valence-corrected chi connectivity index (χ3v) is 11.9. The molecule has 2 N–H and O–H groups in total. The summed E-state index contributed by atoms with van der Waals surface area (Å²) in [6, 6.07) is 8.81. The Balaban J connectivity index is 0.000000908. The minimum atomic E-state index is -4.65. The van der Waals surface area contributed by atoms with E-state index < -0.39 is 37.0 Å². The van der Waals surface area contributed by atoms with Gasteiger partial charge in [-0.25, -0.2) is 16.8 Å². The Morgan fingerprint density at radius 2 is 1.43 bits per heavy atom. The largest absolute Gasteiger partial charge is 0.744 e. The summed E-state index contributed by atoms with van der Waals surface area (Å²) in [6.07, 6.45) is 12.1. The fourth-order valence-electron chi connectivity index (χ4n) is 7.11. The van der Waals surface area contributed by atoms with E-state index in [0.717, 1.165) is 33.9 Å². The van der Waals surface area contributed by atoms with Crippen molar-refractivity contribution >= 4 is 43.3 Å². The molecule has 0 spiro atoms. The van der Waals surface area contributed by atoms with Crippen LogP contribution >= 0.6 is 0 Å². The Morgan fingerprint density at radius 1 is 0.863 bits per heavy atom. The number of rotatable bonds is 14. The molecule has 280 valence electrons. The number of quaternary nitrogens is 1. The first kappa shape index (κ1) is 41.8. The SMILES string of the molecule is CC[NH+](CC)CC.CN1\C(=C/C=C/C=C/C2=[N+](C)c3ccc(S(=O)(=O)[O-])cc3C2(C)C)C(C)(CCCCCC(=O)O)c2cc(S(=O)(=O)[O-])ccc21. The van der Waals surface area contributed by atoms with Crippen molar-refractivity contribution in [2.75, 3.05) is 38.6 Å². The van der Waals surface area contributed by atoms with Crippen LogP contribution in [0.4, 0.5) is 11.4 Å². The number of nitrogens with one attached hydrogen (secondary N) is 1. The van der Waals surface area contributed by atoms with Gasteiger partial charge in [0, 0.05) is 48.0 Å². The Labute approximate surface area is 304 Å². The summed E-state index contributed by atoms with van der Waals surface area (Å²) < 4.78 is 72.2. The van der Waals surface area contributed by atoms with E-state index in [1.54, 1.807) is 17.0 Å². The van der Waals surface area contributed by atoms with Crippen molar-refractivity contribution in [2.45, 2.75) is 94.3 Å². The molecule has 0 fully saturated rings. The maximum atomic E-state index is 11.8. The number of hydrogen-bond donors (Lipinski definition) is 2. The lowest BCUT2D eigenvalue weighted by Crippen LogP contribution is -3.11. The minimum absolute atomic E-state index is 0.0819. The number of unbranched alkanes of at least 4 members (excludes halogenated alkanes) is 2. The number of carboxylic acids is 1. The summed E-state index contributed by atoms with van der Waals surface area (Å²) in [4.78, 5) is 14.0. The molecule has 0 radical (unpaired) electrons. The average Bonchev–Trinajstić information content (AvgIpc) is 3.38. The molecule has 2 aliphatic heterocycles. The molecule has 13 heteroatoms. The van der Waals surface area contributed by atoms with Gasteiger partial charge in [0.25, 0.3) is 0 Å². The van der Waals surface area contributed by atoms with Crippen molar-refractivity contribution in [3.63, 3.8) is 0 Å². The number of allylic oxidation sites excluding steroid dienone is 6. The van der Waals surface area contributed by atoms with E-state index in [-0.39, 0.29) is 16.2 Å². The number of likely N-dealkylation sites (N-methyl/N-ethyl adjacent to an activating group) is 1. The number of aliphatic carboxylic acids is 1. The molecule has 2 aliphatic rings. The molecule has 11 nitrogen and oxygen atoms in total. The van der Waals surface area contributed by atoms with Gasteiger partial charge in [0.15, 0.2) is 5.71 Å². The summed E-state index contributed by atoms with van der Waals surface area (Å²) in [7, 11) is -5.47. The molecule has 0 bridgehead atoms. The van der Waals surface area contributed by atoms with Gasteiger partial charge in [0.1, 0.15) is 27.3 Å². The molecule has 1 atom stereocenters. The Kier molecular flexibility index (Phi) is 13.8. The predicted molar refractivity (Wildman–Crippen MR) is 198 cm³/mol. The number of anilines is 1. The van der Waals surface area contributed by atoms with Gasteiger partial charge < -0.3 is 24.0 Å². The van der Waals surface area contributed by atoms with E-state index in [4.69, 9.17) is 5.11 Å². The zero-order valence-corrected chi connectivity index (χ0v) is 32.7. The van der Waals surface area contributed by atoms with Crippen LogP contribution in [-0.4, -0.2) is 81.0 Å². The maximum absolute atomic E-state index is 11.8. The number of carboxylic acid groups (broad SMARTS) is 1. The summed E-state index contributed by atoms with van der Waals surface area (Å²) in [5.74, 6) is -0.847. The minimum Gasteiger partial charge on any atom is -0.744 e. The molecular formula is C38H53N3O8S2. The zero-order chi connectivity index (χ0) is 38.4. The van der Waals surface area contributed by atoms with Gasteiger partial charge in [-0.2, -0.15) is 4.58 Å². The molecule has 0 amide bonds. The first-order valence-electron chi connectivity index (χ1n) is 17.4. The van der Waals surface area contributed by atoms with Crippen molar-refractivity contribution < 1.29 is 45.3 Å². The topological polar surface area (TPSA) is 162 Å². The van der Waals surface area contributed by atoms with E-state index in [1.165, 1.54) is 43.9 Å². The molecular weight excluding hydrogens is 691 g/mol. The van der Waals surface area contributed by atoms with Crippen LogP contribution < -0.4 is 9.80 Å². The van der Waals surface area contributed by atoms with Gasteiger partial charge in [0.2, 0.25) is 5.69 Å². The fraction of sp³-hybridized carbons (Fsp3) is 0.474. The Morgan fingerprint density at radius 3 is 1.96 bits per heavy atom. The lowest BCUT2D eigenvalue weighted by atomic mass is 9.77. The predicted octanol–water partition coefficient (Wildman–Crippen LogP) is 4.87. The van der Waals surface area contributed by atoms with E-state index in [0.29, 0.717) is 25.7 Å². The Bertz CT molecular complexity index is 1940. The van der Waals surface area contributed by atoms with Crippen LogP contribution in [0.5, 0.6) is 0 Å². The lowest BCUT2D eigenvalue weighted by Gasteiger charge is -2.29. The Hall–Kier alpha value is -3.62. The van der Waals surface area contributed by atoms with Gasteiger partial charge in [-0.15, -0.1) is 0 Å². The zero-order valence-electron chi connectivity index (χ0n) is 31.0. The van der Waals surface area contributed by atoms with Crippen molar-refractivity contribution in [2.24, 2.45) is 0 Å². The number of nitrogens with zero attached hydrogens (tertiary/aromatic N) is 2. The first-order valence-corrected chi connectivity index (χ1v) is 20.2.